The van der Waals surface area contributed by atoms with Crippen LogP contribution in [0, 0.1) is 11.7 Å². The molecule has 1 aromatic rings. The Morgan fingerprint density at radius 1 is 1.56 bits per heavy atom. The van der Waals surface area contributed by atoms with Crippen molar-refractivity contribution in [2.24, 2.45) is 11.7 Å². The van der Waals surface area contributed by atoms with E-state index in [4.69, 9.17) is 5.73 Å². The summed E-state index contributed by atoms with van der Waals surface area (Å²) in [5.41, 5.74) is 5.93. The lowest BCUT2D eigenvalue weighted by molar-refractivity contribution is -0.121. The van der Waals surface area contributed by atoms with Crippen molar-refractivity contribution in [2.45, 2.75) is 26.4 Å². The largest absolute Gasteiger partial charge is 0.368 e. The molecule has 0 aliphatic rings. The molecule has 5 heteroatoms. The highest BCUT2D eigenvalue weighted by atomic mass is 19.1. The molecule has 0 radical (unpaired) electrons. The second-order valence-electron chi connectivity index (χ2n) is 4.02. The minimum absolute atomic E-state index is 0.0963. The van der Waals surface area contributed by atoms with Crippen molar-refractivity contribution >= 4 is 5.91 Å². The SMILES string of the molecule is CC(C)C(NCc1cncc(F)c1)C(N)=O. The zero-order valence-corrected chi connectivity index (χ0v) is 9.40. The van der Waals surface area contributed by atoms with Crippen LogP contribution in [0.15, 0.2) is 18.5 Å². The van der Waals surface area contributed by atoms with Crippen LogP contribution < -0.4 is 11.1 Å². The van der Waals surface area contributed by atoms with E-state index in [1.807, 2.05) is 13.8 Å². The number of aromatic nitrogens is 1. The maximum absolute atomic E-state index is 12.8. The minimum Gasteiger partial charge on any atom is -0.368 e. The Labute approximate surface area is 94.1 Å². The molecule has 0 aromatic carbocycles. The summed E-state index contributed by atoms with van der Waals surface area (Å²) < 4.78 is 12.8. The van der Waals surface area contributed by atoms with Gasteiger partial charge in [0.15, 0.2) is 0 Å². The molecule has 0 bridgehead atoms. The third-order valence-electron chi connectivity index (χ3n) is 2.26. The molecule has 0 saturated heterocycles. The number of amides is 1. The van der Waals surface area contributed by atoms with E-state index in [2.05, 4.69) is 10.3 Å². The quantitative estimate of drug-likeness (QED) is 0.779. The van der Waals surface area contributed by atoms with Gasteiger partial charge in [-0.2, -0.15) is 0 Å². The maximum atomic E-state index is 12.8. The molecule has 16 heavy (non-hydrogen) atoms. The second-order valence-corrected chi connectivity index (χ2v) is 4.02. The average Bonchev–Trinajstić information content (AvgIpc) is 2.16. The summed E-state index contributed by atoms with van der Waals surface area (Å²) in [7, 11) is 0. The molecule has 3 N–H and O–H groups in total. The Hall–Kier alpha value is -1.49. The number of halogens is 1. The molecule has 88 valence electrons. The van der Waals surface area contributed by atoms with Gasteiger partial charge in [0.1, 0.15) is 5.82 Å². The molecule has 1 atom stereocenters. The van der Waals surface area contributed by atoms with Crippen LogP contribution in [-0.2, 0) is 11.3 Å². The molecule has 0 aliphatic carbocycles. The second kappa shape index (κ2) is 5.55. The predicted octanol–water partition coefficient (Wildman–Crippen LogP) is 0.820. The summed E-state index contributed by atoms with van der Waals surface area (Å²) in [6.45, 7) is 4.16. The smallest absolute Gasteiger partial charge is 0.234 e. The van der Waals surface area contributed by atoms with Crippen LogP contribution >= 0.6 is 0 Å². The molecule has 0 aliphatic heterocycles. The Morgan fingerprint density at radius 2 is 2.25 bits per heavy atom. The fourth-order valence-electron chi connectivity index (χ4n) is 1.45. The van der Waals surface area contributed by atoms with Crippen LogP contribution in [0.3, 0.4) is 0 Å². The van der Waals surface area contributed by atoms with Crippen LogP contribution in [0.2, 0.25) is 0 Å². The molecule has 1 unspecified atom stereocenters. The number of carbonyl (C=O) groups excluding carboxylic acids is 1. The number of hydrogen-bond acceptors (Lipinski definition) is 3. The standard InChI is InChI=1S/C11H16FN3O/c1-7(2)10(11(13)16)15-5-8-3-9(12)6-14-4-8/h3-4,6-7,10,15H,5H2,1-2H3,(H2,13,16). The Kier molecular flexibility index (Phi) is 4.37. The number of hydrogen-bond donors (Lipinski definition) is 2. The minimum atomic E-state index is -0.414. The first-order chi connectivity index (χ1) is 7.50. The molecule has 0 fully saturated rings. The average molecular weight is 225 g/mol. The number of primary amides is 1. The lowest BCUT2D eigenvalue weighted by Crippen LogP contribution is -2.44. The summed E-state index contributed by atoms with van der Waals surface area (Å²) in [5, 5.41) is 2.98. The summed E-state index contributed by atoms with van der Waals surface area (Å²) in [4.78, 5) is 14.8. The lowest BCUT2D eigenvalue weighted by Gasteiger charge is -2.18. The summed E-state index contributed by atoms with van der Waals surface area (Å²) in [6.07, 6.45) is 2.69. The van der Waals surface area contributed by atoms with Gasteiger partial charge in [0.05, 0.1) is 12.2 Å². The zero-order valence-electron chi connectivity index (χ0n) is 9.40. The Morgan fingerprint density at radius 3 is 2.75 bits per heavy atom. The summed E-state index contributed by atoms with van der Waals surface area (Å²) in [6, 6.07) is 0.960. The van der Waals surface area contributed by atoms with E-state index in [1.165, 1.54) is 6.07 Å². The number of carbonyl (C=O) groups is 1. The third-order valence-corrected chi connectivity index (χ3v) is 2.26. The lowest BCUT2D eigenvalue weighted by atomic mass is 10.0. The highest BCUT2D eigenvalue weighted by Crippen LogP contribution is 2.04. The van der Waals surface area contributed by atoms with Crippen LogP contribution in [0.1, 0.15) is 19.4 Å². The van der Waals surface area contributed by atoms with Gasteiger partial charge < -0.3 is 11.1 Å². The molecule has 1 heterocycles. The molecule has 1 rings (SSSR count). The number of nitrogens with two attached hydrogens (primary N) is 1. The van der Waals surface area contributed by atoms with Gasteiger partial charge in [0.2, 0.25) is 5.91 Å². The summed E-state index contributed by atoms with van der Waals surface area (Å²) >= 11 is 0. The van der Waals surface area contributed by atoms with Crippen molar-refractivity contribution in [2.75, 3.05) is 0 Å². The van der Waals surface area contributed by atoms with E-state index < -0.39 is 11.9 Å². The van der Waals surface area contributed by atoms with E-state index in [9.17, 15) is 9.18 Å². The fraction of sp³-hybridized carbons (Fsp3) is 0.455. The van der Waals surface area contributed by atoms with Gasteiger partial charge in [-0.15, -0.1) is 0 Å². The zero-order chi connectivity index (χ0) is 12.1. The molecule has 1 aromatic heterocycles. The first-order valence-electron chi connectivity index (χ1n) is 5.13. The molecular formula is C11H16FN3O. The third kappa shape index (κ3) is 3.58. The molecule has 1 amide bonds. The highest BCUT2D eigenvalue weighted by molar-refractivity contribution is 5.80. The van der Waals surface area contributed by atoms with Gasteiger partial charge in [-0.1, -0.05) is 13.8 Å². The van der Waals surface area contributed by atoms with Gasteiger partial charge in [0, 0.05) is 12.7 Å². The van der Waals surface area contributed by atoms with Crippen LogP contribution in [0.5, 0.6) is 0 Å². The van der Waals surface area contributed by atoms with E-state index >= 15 is 0 Å². The van der Waals surface area contributed by atoms with Crippen molar-refractivity contribution < 1.29 is 9.18 Å². The monoisotopic (exact) mass is 225 g/mol. The van der Waals surface area contributed by atoms with E-state index in [0.29, 0.717) is 12.1 Å². The van der Waals surface area contributed by atoms with Gasteiger partial charge in [-0.3, -0.25) is 9.78 Å². The molecular weight excluding hydrogens is 209 g/mol. The van der Waals surface area contributed by atoms with Gasteiger partial charge in [-0.05, 0) is 17.5 Å². The fourth-order valence-corrected chi connectivity index (χ4v) is 1.45. The van der Waals surface area contributed by atoms with Gasteiger partial charge >= 0.3 is 0 Å². The van der Waals surface area contributed by atoms with Gasteiger partial charge in [-0.25, -0.2) is 4.39 Å². The van der Waals surface area contributed by atoms with Crippen LogP contribution in [0.4, 0.5) is 4.39 Å². The number of pyridine rings is 1. The van der Waals surface area contributed by atoms with Crippen molar-refractivity contribution in [1.82, 2.24) is 10.3 Å². The Bertz CT molecular complexity index is 368. The highest BCUT2D eigenvalue weighted by Gasteiger charge is 2.18. The number of nitrogens with zero attached hydrogens (tertiary/aromatic N) is 1. The van der Waals surface area contributed by atoms with E-state index in [1.54, 1.807) is 6.20 Å². The van der Waals surface area contributed by atoms with E-state index in [-0.39, 0.29) is 11.7 Å². The van der Waals surface area contributed by atoms with Crippen molar-refractivity contribution in [3.8, 4) is 0 Å². The molecule has 0 spiro atoms. The van der Waals surface area contributed by atoms with E-state index in [0.717, 1.165) is 6.20 Å². The predicted molar refractivity (Wildman–Crippen MR) is 58.9 cm³/mol. The first-order valence-corrected chi connectivity index (χ1v) is 5.13. The first kappa shape index (κ1) is 12.6. The molecule has 4 nitrogen and oxygen atoms in total. The Balaban J connectivity index is 2.59. The number of rotatable bonds is 5. The molecule has 0 saturated carbocycles. The summed E-state index contributed by atoms with van der Waals surface area (Å²) in [5.74, 6) is -0.696. The van der Waals surface area contributed by atoms with Gasteiger partial charge in [0.25, 0.3) is 0 Å². The van der Waals surface area contributed by atoms with Crippen molar-refractivity contribution in [1.29, 1.82) is 0 Å². The number of nitrogens with one attached hydrogen (secondary N) is 1. The van der Waals surface area contributed by atoms with Crippen LogP contribution in [0.25, 0.3) is 0 Å². The van der Waals surface area contributed by atoms with Crippen molar-refractivity contribution in [3.05, 3.63) is 29.8 Å². The normalized spacial score (nSPS) is 12.8. The topological polar surface area (TPSA) is 68.0 Å². The van der Waals surface area contributed by atoms with Crippen LogP contribution in [-0.4, -0.2) is 16.9 Å². The van der Waals surface area contributed by atoms with Crippen molar-refractivity contribution in [3.63, 3.8) is 0 Å². The maximum Gasteiger partial charge on any atom is 0.234 e.